The molecule has 0 saturated carbocycles. The molecule has 0 N–H and O–H groups in total. The molecule has 1 heteroatoms. The van der Waals surface area contributed by atoms with E-state index in [1.807, 2.05) is 0 Å². The Labute approximate surface area is 153 Å². The van der Waals surface area contributed by atoms with Crippen LogP contribution in [0.5, 0.6) is 0 Å². The third-order valence-corrected chi connectivity index (χ3v) is 5.11. The number of fused-ring (bicyclic) bond motifs is 3. The zero-order valence-corrected chi connectivity index (χ0v) is 14.7. The van der Waals surface area contributed by atoms with Crippen molar-refractivity contribution >= 4 is 21.8 Å². The van der Waals surface area contributed by atoms with Crippen LogP contribution < -0.4 is 0 Å². The summed E-state index contributed by atoms with van der Waals surface area (Å²) in [5.41, 5.74) is 7.57. The molecular weight excluding hydrogens is 314 g/mol. The fourth-order valence-electron chi connectivity index (χ4n) is 3.97. The van der Waals surface area contributed by atoms with Crippen LogP contribution in [0.4, 0.5) is 0 Å². The maximum atomic E-state index is 2.42. The Bertz CT molecular complexity index is 1210. The first-order chi connectivity index (χ1) is 12.8. The molecule has 26 heavy (non-hydrogen) atoms. The van der Waals surface area contributed by atoms with E-state index in [1.165, 1.54) is 44.2 Å². The van der Waals surface area contributed by atoms with E-state index in [9.17, 15) is 0 Å². The van der Waals surface area contributed by atoms with E-state index >= 15 is 0 Å². The van der Waals surface area contributed by atoms with Gasteiger partial charge in [-0.25, -0.2) is 0 Å². The van der Waals surface area contributed by atoms with Crippen LogP contribution in [-0.4, -0.2) is 4.57 Å². The minimum absolute atomic E-state index is 1.20. The predicted molar refractivity (Wildman–Crippen MR) is 111 cm³/mol. The largest absolute Gasteiger partial charge is 0.308 e. The van der Waals surface area contributed by atoms with Crippen molar-refractivity contribution in [3.63, 3.8) is 0 Å². The molecule has 124 valence electrons. The van der Waals surface area contributed by atoms with Crippen molar-refractivity contribution in [2.45, 2.75) is 6.92 Å². The normalized spacial score (nSPS) is 11.3. The van der Waals surface area contributed by atoms with Crippen LogP contribution >= 0.6 is 0 Å². The van der Waals surface area contributed by atoms with Gasteiger partial charge in [0, 0.05) is 22.0 Å². The molecule has 1 heterocycles. The molecule has 0 fully saturated rings. The van der Waals surface area contributed by atoms with Crippen LogP contribution in [0, 0.1) is 6.92 Å². The lowest BCUT2D eigenvalue weighted by Crippen LogP contribution is -1.96. The maximum Gasteiger partial charge on any atom is 0.0619 e. The first kappa shape index (κ1) is 15.0. The number of hydrogen-bond acceptors (Lipinski definition) is 0. The molecule has 5 aromatic rings. The van der Waals surface area contributed by atoms with E-state index in [1.54, 1.807) is 0 Å². The molecular formula is C25H19N. The van der Waals surface area contributed by atoms with E-state index in [4.69, 9.17) is 0 Å². The first-order valence-corrected chi connectivity index (χ1v) is 8.98. The molecule has 0 saturated heterocycles. The molecule has 0 amide bonds. The fraction of sp³-hybridized carbons (Fsp3) is 0.0400. The Morgan fingerprint density at radius 3 is 1.88 bits per heavy atom. The highest BCUT2D eigenvalue weighted by molar-refractivity contribution is 6.14. The van der Waals surface area contributed by atoms with Gasteiger partial charge in [-0.2, -0.15) is 0 Å². The summed E-state index contributed by atoms with van der Waals surface area (Å²) >= 11 is 0. The van der Waals surface area contributed by atoms with Gasteiger partial charge in [-0.1, -0.05) is 84.9 Å². The number of nitrogens with zero attached hydrogens (tertiary/aromatic N) is 1. The Kier molecular flexibility index (Phi) is 3.39. The van der Waals surface area contributed by atoms with Gasteiger partial charge < -0.3 is 4.57 Å². The van der Waals surface area contributed by atoms with Crippen molar-refractivity contribution in [1.29, 1.82) is 0 Å². The average Bonchev–Trinajstić information content (AvgIpc) is 3.05. The number of hydrogen-bond donors (Lipinski definition) is 0. The Morgan fingerprint density at radius 2 is 1.15 bits per heavy atom. The highest BCUT2D eigenvalue weighted by Crippen LogP contribution is 2.38. The van der Waals surface area contributed by atoms with Crippen LogP contribution in [0.1, 0.15) is 5.56 Å². The minimum Gasteiger partial charge on any atom is -0.308 e. The molecule has 5 rings (SSSR count). The summed E-state index contributed by atoms with van der Waals surface area (Å²) in [5, 5.41) is 2.61. The molecule has 1 nitrogen and oxygen atoms in total. The van der Waals surface area contributed by atoms with Crippen LogP contribution in [0.15, 0.2) is 97.1 Å². The second-order valence-electron chi connectivity index (χ2n) is 6.71. The minimum atomic E-state index is 1.20. The predicted octanol–water partition coefficient (Wildman–Crippen LogP) is 6.76. The molecule has 0 unspecified atom stereocenters. The van der Waals surface area contributed by atoms with Gasteiger partial charge in [-0.05, 0) is 30.2 Å². The van der Waals surface area contributed by atoms with Crippen LogP contribution in [-0.2, 0) is 0 Å². The number of aromatic nitrogens is 1. The van der Waals surface area contributed by atoms with E-state index in [0.717, 1.165) is 0 Å². The molecule has 0 spiro atoms. The summed E-state index contributed by atoms with van der Waals surface area (Å²) in [6.45, 7) is 2.20. The Hall–Kier alpha value is -3.32. The third-order valence-electron chi connectivity index (χ3n) is 5.11. The Morgan fingerprint density at radius 1 is 0.538 bits per heavy atom. The molecule has 0 atom stereocenters. The first-order valence-electron chi connectivity index (χ1n) is 8.98. The Balaban J connectivity index is 2.02. The van der Waals surface area contributed by atoms with Crippen molar-refractivity contribution in [2.24, 2.45) is 0 Å². The zero-order chi connectivity index (χ0) is 17.5. The summed E-state index contributed by atoms with van der Waals surface area (Å²) in [7, 11) is 0. The summed E-state index contributed by atoms with van der Waals surface area (Å²) in [4.78, 5) is 0. The second-order valence-corrected chi connectivity index (χ2v) is 6.71. The summed E-state index contributed by atoms with van der Waals surface area (Å²) < 4.78 is 2.42. The highest BCUT2D eigenvalue weighted by Gasteiger charge is 2.17. The van der Waals surface area contributed by atoms with Gasteiger partial charge in [-0.15, -0.1) is 0 Å². The van der Waals surface area contributed by atoms with Gasteiger partial charge in [-0.3, -0.25) is 0 Å². The lowest BCUT2D eigenvalue weighted by Gasteiger charge is -2.12. The average molecular weight is 333 g/mol. The smallest absolute Gasteiger partial charge is 0.0619 e. The lowest BCUT2D eigenvalue weighted by atomic mass is 10.0. The quantitative estimate of drug-likeness (QED) is 0.336. The van der Waals surface area contributed by atoms with Crippen molar-refractivity contribution < 1.29 is 0 Å². The SMILES string of the molecule is Cc1cccc2c3cccc(-c4ccccc4)c3n(-c3ccccc3)c12. The van der Waals surface area contributed by atoms with E-state index in [-0.39, 0.29) is 0 Å². The molecule has 0 aliphatic rings. The number of para-hydroxylation sites is 3. The van der Waals surface area contributed by atoms with Crippen molar-refractivity contribution in [1.82, 2.24) is 4.57 Å². The van der Waals surface area contributed by atoms with Crippen LogP contribution in [0.25, 0.3) is 38.6 Å². The number of rotatable bonds is 2. The standard InChI is InChI=1S/C25H19N/c1-18-10-8-16-22-23-17-9-15-21(19-11-4-2-5-12-19)25(23)26(24(18)22)20-13-6-3-7-14-20/h2-17H,1H3. The maximum absolute atomic E-state index is 2.42. The van der Waals surface area contributed by atoms with Crippen molar-refractivity contribution in [3.05, 3.63) is 103 Å². The second kappa shape index (κ2) is 5.89. The van der Waals surface area contributed by atoms with E-state index in [0.29, 0.717) is 0 Å². The molecule has 1 aromatic heterocycles. The van der Waals surface area contributed by atoms with Crippen LogP contribution in [0.2, 0.25) is 0 Å². The molecule has 0 aliphatic heterocycles. The lowest BCUT2D eigenvalue weighted by molar-refractivity contribution is 1.17. The summed E-state index contributed by atoms with van der Waals surface area (Å²) in [6, 6.07) is 34.5. The number of aryl methyl sites for hydroxylation is 1. The topological polar surface area (TPSA) is 4.93 Å². The van der Waals surface area contributed by atoms with Gasteiger partial charge in [0.15, 0.2) is 0 Å². The summed E-state index contributed by atoms with van der Waals surface area (Å²) in [6.07, 6.45) is 0. The van der Waals surface area contributed by atoms with Gasteiger partial charge >= 0.3 is 0 Å². The highest BCUT2D eigenvalue weighted by atomic mass is 15.0. The monoisotopic (exact) mass is 333 g/mol. The van der Waals surface area contributed by atoms with Gasteiger partial charge in [0.25, 0.3) is 0 Å². The zero-order valence-electron chi connectivity index (χ0n) is 14.7. The third kappa shape index (κ3) is 2.18. The van der Waals surface area contributed by atoms with Gasteiger partial charge in [0.1, 0.15) is 0 Å². The fourth-order valence-corrected chi connectivity index (χ4v) is 3.97. The van der Waals surface area contributed by atoms with Gasteiger partial charge in [0.05, 0.1) is 11.0 Å². The van der Waals surface area contributed by atoms with E-state index in [2.05, 4.69) is 109 Å². The van der Waals surface area contributed by atoms with Crippen LogP contribution in [0.3, 0.4) is 0 Å². The molecule has 0 bridgehead atoms. The van der Waals surface area contributed by atoms with Crippen molar-refractivity contribution in [2.75, 3.05) is 0 Å². The summed E-state index contributed by atoms with van der Waals surface area (Å²) in [5.74, 6) is 0. The number of benzene rings is 4. The molecule has 0 aliphatic carbocycles. The molecule has 4 aromatic carbocycles. The molecule has 0 radical (unpaired) electrons. The van der Waals surface area contributed by atoms with Crippen molar-refractivity contribution in [3.8, 4) is 16.8 Å². The van der Waals surface area contributed by atoms with E-state index < -0.39 is 0 Å². The van der Waals surface area contributed by atoms with Gasteiger partial charge in [0.2, 0.25) is 0 Å².